The van der Waals surface area contributed by atoms with Gasteiger partial charge in [0, 0.05) is 38.3 Å². The molecule has 0 unspecified atom stereocenters. The van der Waals surface area contributed by atoms with Gasteiger partial charge in [-0.05, 0) is 64.0 Å². The number of halogens is 1. The van der Waals surface area contributed by atoms with Gasteiger partial charge < -0.3 is 19.4 Å². The molecule has 3 aliphatic rings. The number of nitrogens with zero attached hydrogens (tertiary/aromatic N) is 4. The molecular formula is C23H33FN4O4. The molecule has 2 heterocycles. The summed E-state index contributed by atoms with van der Waals surface area (Å²) in [5, 5.41) is 1.47. The summed E-state index contributed by atoms with van der Waals surface area (Å²) in [4.78, 5) is 37.7. The number of piperidine rings is 1. The molecular weight excluding hydrogens is 415 g/mol. The maximum absolute atomic E-state index is 13.9. The molecule has 176 valence electrons. The highest BCUT2D eigenvalue weighted by Crippen LogP contribution is 2.28. The Morgan fingerprint density at radius 3 is 2.34 bits per heavy atom. The number of hydrogen-bond donors (Lipinski definition) is 0. The summed E-state index contributed by atoms with van der Waals surface area (Å²) in [5.74, 6) is -1.26. The van der Waals surface area contributed by atoms with E-state index >= 15 is 0 Å². The third-order valence-corrected chi connectivity index (χ3v) is 6.70. The maximum Gasteiger partial charge on any atom is 0.357 e. The number of rotatable bonds is 7. The summed E-state index contributed by atoms with van der Waals surface area (Å²) < 4.78 is 18.8. The Balaban J connectivity index is 1.28. The van der Waals surface area contributed by atoms with E-state index in [1.54, 1.807) is 0 Å². The van der Waals surface area contributed by atoms with Gasteiger partial charge in [0.1, 0.15) is 6.54 Å². The van der Waals surface area contributed by atoms with E-state index in [0.717, 1.165) is 45.1 Å². The molecule has 2 saturated heterocycles. The molecule has 9 heteroatoms. The van der Waals surface area contributed by atoms with E-state index in [9.17, 15) is 14.0 Å². The fourth-order valence-electron chi connectivity index (χ4n) is 4.48. The van der Waals surface area contributed by atoms with Gasteiger partial charge in [0.2, 0.25) is 5.91 Å². The van der Waals surface area contributed by atoms with E-state index < -0.39 is 11.8 Å². The molecule has 1 aromatic rings. The normalized spacial score (nSPS) is 21.1. The SMILES string of the molecule is COc1ccc(C(=O)ON(CC(=O)N2CCN(C3CCN(C)CC3)CC2)C2CC2)cc1F. The van der Waals surface area contributed by atoms with Crippen LogP contribution in [-0.2, 0) is 9.63 Å². The molecule has 0 N–H and O–H groups in total. The minimum atomic E-state index is -0.668. The Bertz CT molecular complexity index is 818. The molecule has 0 atom stereocenters. The van der Waals surface area contributed by atoms with Gasteiger partial charge in [-0.1, -0.05) is 0 Å². The van der Waals surface area contributed by atoms with E-state index in [2.05, 4.69) is 16.8 Å². The first-order chi connectivity index (χ1) is 15.4. The van der Waals surface area contributed by atoms with Crippen LogP contribution in [0.3, 0.4) is 0 Å². The van der Waals surface area contributed by atoms with Crippen LogP contribution in [0.2, 0.25) is 0 Å². The summed E-state index contributed by atoms with van der Waals surface area (Å²) in [5.41, 5.74) is 0.0909. The van der Waals surface area contributed by atoms with Crippen molar-refractivity contribution in [1.82, 2.24) is 19.8 Å². The van der Waals surface area contributed by atoms with Gasteiger partial charge in [0.05, 0.1) is 12.7 Å². The number of ether oxygens (including phenoxy) is 1. The lowest BCUT2D eigenvalue weighted by Crippen LogP contribution is -2.55. The van der Waals surface area contributed by atoms with Crippen LogP contribution in [0.5, 0.6) is 5.75 Å². The van der Waals surface area contributed by atoms with E-state index in [1.807, 2.05) is 4.90 Å². The number of methoxy groups -OCH3 is 1. The number of benzene rings is 1. The number of hydrogen-bond acceptors (Lipinski definition) is 7. The van der Waals surface area contributed by atoms with Crippen molar-refractivity contribution in [1.29, 1.82) is 0 Å². The quantitative estimate of drug-likeness (QED) is 0.587. The third kappa shape index (κ3) is 5.57. The van der Waals surface area contributed by atoms with Crippen LogP contribution in [-0.4, -0.2) is 104 Å². The van der Waals surface area contributed by atoms with Crippen LogP contribution in [0.15, 0.2) is 18.2 Å². The van der Waals surface area contributed by atoms with Crippen LogP contribution in [0.1, 0.15) is 36.0 Å². The zero-order chi connectivity index (χ0) is 22.7. The van der Waals surface area contributed by atoms with E-state index in [0.29, 0.717) is 19.1 Å². The van der Waals surface area contributed by atoms with Gasteiger partial charge in [-0.15, -0.1) is 5.06 Å². The van der Waals surface area contributed by atoms with Crippen molar-refractivity contribution < 1.29 is 23.6 Å². The highest BCUT2D eigenvalue weighted by molar-refractivity contribution is 5.89. The van der Waals surface area contributed by atoms with Crippen LogP contribution < -0.4 is 4.74 Å². The van der Waals surface area contributed by atoms with Crippen LogP contribution in [0, 0.1) is 5.82 Å². The molecule has 1 amide bonds. The molecule has 1 saturated carbocycles. The fourth-order valence-corrected chi connectivity index (χ4v) is 4.48. The highest BCUT2D eigenvalue weighted by atomic mass is 19.1. The summed E-state index contributed by atoms with van der Waals surface area (Å²) in [6.07, 6.45) is 4.12. The van der Waals surface area contributed by atoms with Crippen LogP contribution in [0.25, 0.3) is 0 Å². The number of amides is 1. The Kier molecular flexibility index (Phi) is 7.27. The second-order valence-corrected chi connectivity index (χ2v) is 8.99. The smallest absolute Gasteiger partial charge is 0.357 e. The zero-order valence-electron chi connectivity index (χ0n) is 19.0. The van der Waals surface area contributed by atoms with Gasteiger partial charge >= 0.3 is 5.97 Å². The van der Waals surface area contributed by atoms with Crippen molar-refractivity contribution in [2.75, 3.05) is 60.0 Å². The number of carbonyl (C=O) groups is 2. The van der Waals surface area contributed by atoms with Crippen LogP contribution >= 0.6 is 0 Å². The van der Waals surface area contributed by atoms with Crippen molar-refractivity contribution >= 4 is 11.9 Å². The molecule has 1 aliphatic carbocycles. The lowest BCUT2D eigenvalue weighted by atomic mass is 10.0. The Hall–Kier alpha value is -2.23. The van der Waals surface area contributed by atoms with Crippen molar-refractivity contribution in [3.8, 4) is 5.75 Å². The van der Waals surface area contributed by atoms with Gasteiger partial charge in [0.25, 0.3) is 0 Å². The van der Waals surface area contributed by atoms with Gasteiger partial charge in [-0.3, -0.25) is 9.69 Å². The Morgan fingerprint density at radius 2 is 1.75 bits per heavy atom. The second-order valence-electron chi connectivity index (χ2n) is 8.99. The van der Waals surface area contributed by atoms with Gasteiger partial charge in [-0.25, -0.2) is 9.18 Å². The molecule has 8 nitrogen and oxygen atoms in total. The van der Waals surface area contributed by atoms with E-state index in [4.69, 9.17) is 9.57 Å². The number of carbonyl (C=O) groups excluding carboxylic acids is 2. The molecule has 2 aliphatic heterocycles. The number of piperazine rings is 1. The van der Waals surface area contributed by atoms with E-state index in [1.165, 1.54) is 37.1 Å². The molecule has 4 rings (SSSR count). The Morgan fingerprint density at radius 1 is 1.06 bits per heavy atom. The summed E-state index contributed by atoms with van der Waals surface area (Å²) >= 11 is 0. The minimum absolute atomic E-state index is 0.0310. The van der Waals surface area contributed by atoms with Gasteiger partial charge in [0.15, 0.2) is 11.6 Å². The average molecular weight is 449 g/mol. The molecule has 1 aromatic carbocycles. The molecule has 3 fully saturated rings. The first kappa shape index (κ1) is 22.9. The largest absolute Gasteiger partial charge is 0.494 e. The molecule has 0 aromatic heterocycles. The lowest BCUT2D eigenvalue weighted by molar-refractivity contribution is -0.153. The highest BCUT2D eigenvalue weighted by Gasteiger charge is 2.36. The topological polar surface area (TPSA) is 65.6 Å². The van der Waals surface area contributed by atoms with Gasteiger partial charge in [-0.2, -0.15) is 0 Å². The fraction of sp³-hybridized carbons (Fsp3) is 0.652. The molecule has 32 heavy (non-hydrogen) atoms. The first-order valence-electron chi connectivity index (χ1n) is 11.5. The predicted octanol–water partition coefficient (Wildman–Crippen LogP) is 1.61. The van der Waals surface area contributed by atoms with Crippen molar-refractivity contribution in [2.45, 2.75) is 37.8 Å². The summed E-state index contributed by atoms with van der Waals surface area (Å²) in [7, 11) is 3.53. The minimum Gasteiger partial charge on any atom is -0.494 e. The van der Waals surface area contributed by atoms with Crippen molar-refractivity contribution in [2.24, 2.45) is 0 Å². The van der Waals surface area contributed by atoms with Crippen molar-refractivity contribution in [3.63, 3.8) is 0 Å². The molecule has 0 spiro atoms. The second kappa shape index (κ2) is 10.1. The van der Waals surface area contributed by atoms with E-state index in [-0.39, 0.29) is 29.8 Å². The zero-order valence-corrected chi connectivity index (χ0v) is 19.0. The van der Waals surface area contributed by atoms with Crippen LogP contribution in [0.4, 0.5) is 4.39 Å². The number of likely N-dealkylation sites (tertiary alicyclic amines) is 1. The van der Waals surface area contributed by atoms with Crippen molar-refractivity contribution in [3.05, 3.63) is 29.6 Å². The maximum atomic E-state index is 13.9. The standard InChI is InChI=1S/C23H33FN4O4/c1-25-9-7-18(8-10-25)26-11-13-27(14-12-26)22(29)16-28(19-4-5-19)32-23(30)17-3-6-21(31-2)20(24)15-17/h3,6,15,18-19H,4-5,7-14,16H2,1-2H3. The lowest BCUT2D eigenvalue weighted by Gasteiger charge is -2.42. The predicted molar refractivity (Wildman–Crippen MR) is 117 cm³/mol. The average Bonchev–Trinajstić information content (AvgIpc) is 3.64. The molecule has 0 radical (unpaired) electrons. The summed E-state index contributed by atoms with van der Waals surface area (Å²) in [6, 6.07) is 4.60. The first-order valence-corrected chi connectivity index (χ1v) is 11.5. The monoisotopic (exact) mass is 448 g/mol. The number of hydroxylamine groups is 2. The Labute approximate surface area is 188 Å². The summed E-state index contributed by atoms with van der Waals surface area (Å²) in [6.45, 7) is 5.45. The molecule has 0 bridgehead atoms. The third-order valence-electron chi connectivity index (χ3n) is 6.70.